The Balaban J connectivity index is 1.41. The van der Waals surface area contributed by atoms with Crippen LogP contribution >= 0.6 is 0 Å². The number of aryl methyl sites for hydroxylation is 2. The van der Waals surface area contributed by atoms with E-state index in [0.29, 0.717) is 12.2 Å². The molecular formula is C17H19N7O. The van der Waals surface area contributed by atoms with Crippen LogP contribution in [0.3, 0.4) is 0 Å². The fourth-order valence-corrected chi connectivity index (χ4v) is 2.99. The lowest BCUT2D eigenvalue weighted by molar-refractivity contribution is 0.243. The van der Waals surface area contributed by atoms with Crippen molar-refractivity contribution >= 4 is 11.7 Å². The van der Waals surface area contributed by atoms with Crippen molar-refractivity contribution < 1.29 is 4.79 Å². The van der Waals surface area contributed by atoms with Crippen molar-refractivity contribution in [1.82, 2.24) is 29.9 Å². The average molecular weight is 337 g/mol. The van der Waals surface area contributed by atoms with E-state index in [0.717, 1.165) is 30.0 Å². The van der Waals surface area contributed by atoms with Crippen LogP contribution in [0.4, 0.5) is 10.5 Å². The summed E-state index contributed by atoms with van der Waals surface area (Å²) in [7, 11) is 0. The highest BCUT2D eigenvalue weighted by atomic mass is 16.2. The maximum Gasteiger partial charge on any atom is 0.319 e. The summed E-state index contributed by atoms with van der Waals surface area (Å²) < 4.78 is 3.60. The maximum absolute atomic E-state index is 12.3. The molecule has 3 heterocycles. The molecule has 8 nitrogen and oxygen atoms in total. The number of hydrogen-bond donors (Lipinski definition) is 2. The van der Waals surface area contributed by atoms with Gasteiger partial charge >= 0.3 is 6.03 Å². The summed E-state index contributed by atoms with van der Waals surface area (Å²) in [6.45, 7) is 2.52. The lowest BCUT2D eigenvalue weighted by Crippen LogP contribution is -2.43. The van der Waals surface area contributed by atoms with Gasteiger partial charge < -0.3 is 10.6 Å². The highest BCUT2D eigenvalue weighted by Gasteiger charge is 2.21. The number of hydrogen-bond acceptors (Lipinski definition) is 4. The van der Waals surface area contributed by atoms with E-state index in [1.807, 2.05) is 48.1 Å². The number of amides is 2. The van der Waals surface area contributed by atoms with Gasteiger partial charge in [-0.15, -0.1) is 0 Å². The Morgan fingerprint density at radius 2 is 2.12 bits per heavy atom. The van der Waals surface area contributed by atoms with Crippen LogP contribution in [0, 0.1) is 6.92 Å². The fourth-order valence-electron chi connectivity index (χ4n) is 2.99. The van der Waals surface area contributed by atoms with Crippen molar-refractivity contribution in [1.29, 1.82) is 0 Å². The predicted octanol–water partition coefficient (Wildman–Crippen LogP) is 1.91. The Morgan fingerprint density at radius 1 is 1.28 bits per heavy atom. The van der Waals surface area contributed by atoms with E-state index in [1.54, 1.807) is 11.0 Å². The molecular weight excluding hydrogens is 318 g/mol. The molecule has 0 saturated carbocycles. The van der Waals surface area contributed by atoms with Gasteiger partial charge in [-0.1, -0.05) is 18.2 Å². The topological polar surface area (TPSA) is 89.7 Å². The third-order valence-electron chi connectivity index (χ3n) is 4.31. The summed E-state index contributed by atoms with van der Waals surface area (Å²) in [5, 5.41) is 14.5. The monoisotopic (exact) mass is 337 g/mol. The van der Waals surface area contributed by atoms with Crippen molar-refractivity contribution in [3.05, 3.63) is 54.4 Å². The molecule has 0 radical (unpaired) electrons. The van der Waals surface area contributed by atoms with Crippen LogP contribution in [0.5, 0.6) is 0 Å². The molecule has 8 heteroatoms. The van der Waals surface area contributed by atoms with Gasteiger partial charge in [-0.3, -0.25) is 0 Å². The van der Waals surface area contributed by atoms with Crippen LogP contribution in [0.25, 0.3) is 5.69 Å². The highest BCUT2D eigenvalue weighted by molar-refractivity contribution is 5.89. The molecule has 1 atom stereocenters. The zero-order valence-electron chi connectivity index (χ0n) is 13.9. The molecule has 1 aliphatic rings. The molecule has 128 valence electrons. The van der Waals surface area contributed by atoms with Crippen molar-refractivity contribution in [2.75, 3.05) is 5.32 Å². The van der Waals surface area contributed by atoms with E-state index < -0.39 is 0 Å². The van der Waals surface area contributed by atoms with Gasteiger partial charge in [0.1, 0.15) is 12.2 Å². The average Bonchev–Trinajstić information content (AvgIpc) is 3.22. The minimum atomic E-state index is -0.232. The Labute approximate surface area is 144 Å². The molecule has 1 aromatic carbocycles. The first-order valence-corrected chi connectivity index (χ1v) is 8.25. The number of benzene rings is 1. The number of aromatic nitrogens is 5. The van der Waals surface area contributed by atoms with Crippen molar-refractivity contribution in [3.63, 3.8) is 0 Å². The van der Waals surface area contributed by atoms with Crippen LogP contribution in [0.15, 0.2) is 42.9 Å². The quantitative estimate of drug-likeness (QED) is 0.764. The van der Waals surface area contributed by atoms with Gasteiger partial charge in [0, 0.05) is 6.42 Å². The number of nitrogens with one attached hydrogen (secondary N) is 2. The van der Waals surface area contributed by atoms with Crippen LogP contribution in [0.1, 0.15) is 17.9 Å². The first-order valence-electron chi connectivity index (χ1n) is 8.25. The Hall–Kier alpha value is -3.16. The summed E-state index contributed by atoms with van der Waals surface area (Å²) in [6, 6.07) is 9.60. The third kappa shape index (κ3) is 3.23. The standard InChI is InChI=1S/C17H19N7O/c1-12-15(10-23(22-12)14-5-3-2-4-6-14)21-17(25)20-13-7-8-16-18-11-19-24(16)9-13/h2-6,10-11,13H,7-9H2,1H3,(H2,20,21,25). The minimum absolute atomic E-state index is 0.0404. The van der Waals surface area contributed by atoms with E-state index in [9.17, 15) is 4.79 Å². The molecule has 1 unspecified atom stereocenters. The second-order valence-electron chi connectivity index (χ2n) is 6.10. The molecule has 2 amide bonds. The second-order valence-corrected chi connectivity index (χ2v) is 6.10. The van der Waals surface area contributed by atoms with Crippen LogP contribution in [-0.2, 0) is 13.0 Å². The predicted molar refractivity (Wildman–Crippen MR) is 92.6 cm³/mol. The molecule has 0 bridgehead atoms. The molecule has 0 spiro atoms. The molecule has 2 aromatic heterocycles. The van der Waals surface area contributed by atoms with E-state index in [1.165, 1.54) is 0 Å². The first kappa shape index (κ1) is 15.4. The van der Waals surface area contributed by atoms with Gasteiger partial charge in [0.05, 0.1) is 35.9 Å². The summed E-state index contributed by atoms with van der Waals surface area (Å²) in [5.74, 6) is 0.971. The maximum atomic E-state index is 12.3. The normalized spacial score (nSPS) is 16.3. The van der Waals surface area contributed by atoms with Gasteiger partial charge in [-0.2, -0.15) is 10.2 Å². The summed E-state index contributed by atoms with van der Waals surface area (Å²) in [5.41, 5.74) is 2.41. The molecule has 1 aliphatic heterocycles. The largest absolute Gasteiger partial charge is 0.333 e. The van der Waals surface area contributed by atoms with Gasteiger partial charge in [-0.25, -0.2) is 19.1 Å². The molecule has 25 heavy (non-hydrogen) atoms. The number of nitrogens with zero attached hydrogens (tertiary/aromatic N) is 5. The number of carbonyl (C=O) groups is 1. The van der Waals surface area contributed by atoms with E-state index in [2.05, 4.69) is 25.8 Å². The minimum Gasteiger partial charge on any atom is -0.333 e. The van der Waals surface area contributed by atoms with Crippen molar-refractivity contribution in [3.8, 4) is 5.69 Å². The number of rotatable bonds is 3. The Morgan fingerprint density at radius 3 is 2.96 bits per heavy atom. The molecule has 0 saturated heterocycles. The van der Waals surface area contributed by atoms with E-state index >= 15 is 0 Å². The van der Waals surface area contributed by atoms with Crippen LogP contribution < -0.4 is 10.6 Å². The van der Waals surface area contributed by atoms with Crippen LogP contribution in [-0.4, -0.2) is 36.6 Å². The third-order valence-corrected chi connectivity index (χ3v) is 4.31. The summed E-state index contributed by atoms with van der Waals surface area (Å²) in [6.07, 6.45) is 5.05. The number of para-hydroxylation sites is 1. The molecule has 0 aliphatic carbocycles. The van der Waals surface area contributed by atoms with Gasteiger partial charge in [-0.05, 0) is 25.5 Å². The van der Waals surface area contributed by atoms with Crippen molar-refractivity contribution in [2.24, 2.45) is 0 Å². The zero-order chi connectivity index (χ0) is 17.2. The highest BCUT2D eigenvalue weighted by Crippen LogP contribution is 2.17. The molecule has 0 fully saturated rings. The van der Waals surface area contributed by atoms with Gasteiger partial charge in [0.15, 0.2) is 0 Å². The van der Waals surface area contributed by atoms with Crippen molar-refractivity contribution in [2.45, 2.75) is 32.4 Å². The number of fused-ring (bicyclic) bond motifs is 1. The zero-order valence-corrected chi connectivity index (χ0v) is 13.9. The lowest BCUT2D eigenvalue weighted by Gasteiger charge is -2.23. The second kappa shape index (κ2) is 6.39. The van der Waals surface area contributed by atoms with Gasteiger partial charge in [0.2, 0.25) is 0 Å². The summed E-state index contributed by atoms with van der Waals surface area (Å²) >= 11 is 0. The van der Waals surface area contributed by atoms with E-state index in [4.69, 9.17) is 0 Å². The number of urea groups is 1. The van der Waals surface area contributed by atoms with Crippen LogP contribution in [0.2, 0.25) is 0 Å². The molecule has 2 N–H and O–H groups in total. The Kier molecular flexibility index (Phi) is 3.93. The number of anilines is 1. The lowest BCUT2D eigenvalue weighted by atomic mass is 10.1. The smallest absolute Gasteiger partial charge is 0.319 e. The van der Waals surface area contributed by atoms with Gasteiger partial charge in [0.25, 0.3) is 0 Å². The first-order chi connectivity index (χ1) is 12.2. The number of carbonyl (C=O) groups excluding carboxylic acids is 1. The summed E-state index contributed by atoms with van der Waals surface area (Å²) in [4.78, 5) is 16.5. The fraction of sp³-hybridized carbons (Fsp3) is 0.294. The SMILES string of the molecule is Cc1nn(-c2ccccc2)cc1NC(=O)NC1CCc2ncnn2C1. The van der Waals surface area contributed by atoms with E-state index in [-0.39, 0.29) is 12.1 Å². The molecule has 4 rings (SSSR count). The molecule has 3 aromatic rings. The Bertz CT molecular complexity index is 884.